The lowest BCUT2D eigenvalue weighted by atomic mass is 10.1. The van der Waals surface area contributed by atoms with Crippen LogP contribution in [-0.4, -0.2) is 17.2 Å². The largest absolute Gasteiger partial charge is 0.309 e. The third-order valence-corrected chi connectivity index (χ3v) is 16.3. The molecule has 0 saturated carbocycles. The fourth-order valence-corrected chi connectivity index (χ4v) is 14.3. The maximum atomic E-state index is 9.03. The van der Waals surface area contributed by atoms with Crippen LogP contribution in [-0.2, 0) is 0 Å². The highest BCUT2D eigenvalue weighted by Crippen LogP contribution is 2.40. The summed E-state index contributed by atoms with van der Waals surface area (Å²) in [6.07, 6.45) is 0. The van der Waals surface area contributed by atoms with Gasteiger partial charge in [-0.15, -0.1) is 0 Å². The van der Waals surface area contributed by atoms with Gasteiger partial charge < -0.3 is 9.13 Å². The molecule has 0 fully saturated rings. The SMILES string of the molecule is [2H]c1c([2H])c([2H])c(-n2c3ccccc3c3c(-n4c5ccccc5c5c([Si](c6ccccc6)(c6ccccc6)c6cccc(-c7ccccc7)c6)cccc54)cccc32)c([2H])c1[2H]. The molecular weight excluding hydrogens is 705 g/mol. The van der Waals surface area contributed by atoms with Crippen molar-refractivity contribution in [2.45, 2.75) is 0 Å². The lowest BCUT2D eigenvalue weighted by molar-refractivity contribution is 1.17. The van der Waals surface area contributed by atoms with Crippen molar-refractivity contribution in [3.8, 4) is 22.5 Å². The van der Waals surface area contributed by atoms with E-state index in [-0.39, 0.29) is 29.9 Å². The van der Waals surface area contributed by atoms with Gasteiger partial charge in [-0.3, -0.25) is 0 Å². The molecule has 0 saturated heterocycles. The van der Waals surface area contributed by atoms with Gasteiger partial charge in [0.05, 0.1) is 34.6 Å². The summed E-state index contributed by atoms with van der Waals surface area (Å²) < 4.78 is 47.8. The van der Waals surface area contributed by atoms with Crippen molar-refractivity contribution < 1.29 is 6.85 Å². The van der Waals surface area contributed by atoms with Gasteiger partial charge in [0.25, 0.3) is 0 Å². The number of fused-ring (bicyclic) bond motifs is 6. The van der Waals surface area contributed by atoms with E-state index in [2.05, 4.69) is 174 Å². The van der Waals surface area contributed by atoms with Gasteiger partial charge >= 0.3 is 0 Å². The molecule has 11 aromatic rings. The van der Waals surface area contributed by atoms with Gasteiger partial charge in [-0.2, -0.15) is 0 Å². The van der Waals surface area contributed by atoms with Crippen LogP contribution in [0.3, 0.4) is 0 Å². The van der Waals surface area contributed by atoms with E-state index in [9.17, 15) is 0 Å². The van der Waals surface area contributed by atoms with Gasteiger partial charge in [0.15, 0.2) is 8.07 Å². The van der Waals surface area contributed by atoms with Crippen LogP contribution in [0.2, 0.25) is 0 Å². The van der Waals surface area contributed by atoms with Crippen LogP contribution in [0.15, 0.2) is 230 Å². The number of hydrogen-bond donors (Lipinski definition) is 0. The summed E-state index contributed by atoms with van der Waals surface area (Å²) in [6, 6.07) is 69.7. The first kappa shape index (κ1) is 28.2. The van der Waals surface area contributed by atoms with Crippen LogP contribution in [0.4, 0.5) is 0 Å². The second kappa shape index (κ2) is 13.5. The van der Waals surface area contributed by atoms with E-state index in [0.29, 0.717) is 0 Å². The number of benzene rings is 9. The van der Waals surface area contributed by atoms with Gasteiger partial charge in [-0.05, 0) is 74.3 Å². The molecule has 11 rings (SSSR count). The summed E-state index contributed by atoms with van der Waals surface area (Å²) in [5, 5.41) is 9.28. The molecular formula is C54H38N2Si. The molecule has 2 nitrogen and oxygen atoms in total. The smallest absolute Gasteiger partial charge is 0.180 e. The summed E-state index contributed by atoms with van der Waals surface area (Å²) in [4.78, 5) is 0. The predicted octanol–water partition coefficient (Wildman–Crippen LogP) is 10.9. The first-order valence-electron chi connectivity index (χ1n) is 21.8. The molecule has 0 spiro atoms. The molecule has 0 amide bonds. The Morgan fingerprint density at radius 1 is 0.368 bits per heavy atom. The Labute approximate surface area is 340 Å². The average Bonchev–Trinajstić information content (AvgIpc) is 3.85. The van der Waals surface area contributed by atoms with E-state index >= 15 is 0 Å². The molecule has 0 aliphatic carbocycles. The molecule has 2 heterocycles. The number of hydrogen-bond acceptors (Lipinski definition) is 0. The summed E-state index contributed by atoms with van der Waals surface area (Å²) in [7, 11) is -3.11. The van der Waals surface area contributed by atoms with Gasteiger partial charge in [-0.25, -0.2) is 0 Å². The third kappa shape index (κ3) is 5.10. The minimum absolute atomic E-state index is 0.128. The first-order chi connectivity index (χ1) is 30.4. The number of rotatable bonds is 7. The van der Waals surface area contributed by atoms with E-state index in [1.54, 1.807) is 0 Å². The van der Waals surface area contributed by atoms with Crippen molar-refractivity contribution >= 4 is 72.4 Å². The molecule has 0 bridgehead atoms. The van der Waals surface area contributed by atoms with E-state index in [1.807, 2.05) is 34.9 Å². The molecule has 2 aromatic heterocycles. The van der Waals surface area contributed by atoms with Gasteiger partial charge in [0, 0.05) is 27.2 Å². The molecule has 268 valence electrons. The summed E-state index contributed by atoms with van der Waals surface area (Å²) in [5.41, 5.74) is 7.01. The van der Waals surface area contributed by atoms with Crippen LogP contribution in [0.1, 0.15) is 6.85 Å². The minimum atomic E-state index is -3.11. The molecule has 0 atom stereocenters. The summed E-state index contributed by atoms with van der Waals surface area (Å²) >= 11 is 0. The standard InChI is InChI=1S/C54H38N2Si/c1-5-20-39(21-6-1)40-22-17-29-44(38-40)57(42-25-9-3-10-26-42,43-27-11-4-12-28-43)52-37-19-36-51-54(52)46-31-14-16-33-48(46)56(51)50-35-18-34-49-53(50)45-30-13-15-32-47(45)55(49)41-23-7-2-8-24-41/h1-38H/i2D,7D,8D,23D,24D. The Morgan fingerprint density at radius 3 is 1.54 bits per heavy atom. The Kier molecular flexibility index (Phi) is 6.70. The monoisotopic (exact) mass is 747 g/mol. The Bertz CT molecular complexity index is 3460. The minimum Gasteiger partial charge on any atom is -0.309 e. The molecule has 0 aliphatic rings. The normalized spacial score (nSPS) is 13.1. The van der Waals surface area contributed by atoms with Gasteiger partial charge in [-0.1, -0.05) is 188 Å². The van der Waals surface area contributed by atoms with Crippen molar-refractivity contribution in [2.24, 2.45) is 0 Å². The fourth-order valence-electron chi connectivity index (χ4n) is 9.28. The molecule has 9 aromatic carbocycles. The maximum absolute atomic E-state index is 9.03. The zero-order chi connectivity index (χ0) is 42.1. The van der Waals surface area contributed by atoms with Crippen LogP contribution < -0.4 is 20.7 Å². The molecule has 3 heteroatoms. The zero-order valence-electron chi connectivity index (χ0n) is 35.9. The van der Waals surface area contributed by atoms with Crippen molar-refractivity contribution in [1.29, 1.82) is 0 Å². The van der Waals surface area contributed by atoms with E-state index in [1.165, 1.54) is 37.3 Å². The van der Waals surface area contributed by atoms with Crippen LogP contribution in [0.25, 0.3) is 66.1 Å². The average molecular weight is 748 g/mol. The van der Waals surface area contributed by atoms with Crippen LogP contribution in [0.5, 0.6) is 0 Å². The Morgan fingerprint density at radius 2 is 0.860 bits per heavy atom. The zero-order valence-corrected chi connectivity index (χ0v) is 31.9. The number of para-hydroxylation sites is 3. The highest BCUT2D eigenvalue weighted by atomic mass is 28.3. The Balaban J connectivity index is 1.28. The fraction of sp³-hybridized carbons (Fsp3) is 0. The van der Waals surface area contributed by atoms with E-state index < -0.39 is 14.1 Å². The summed E-state index contributed by atoms with van der Waals surface area (Å²) in [5.74, 6) is 0. The van der Waals surface area contributed by atoms with Crippen LogP contribution >= 0.6 is 0 Å². The lowest BCUT2D eigenvalue weighted by Gasteiger charge is -2.35. The lowest BCUT2D eigenvalue weighted by Crippen LogP contribution is -2.74. The third-order valence-electron chi connectivity index (χ3n) is 11.5. The van der Waals surface area contributed by atoms with Gasteiger partial charge in [0.1, 0.15) is 0 Å². The summed E-state index contributed by atoms with van der Waals surface area (Å²) in [6.45, 7) is 0. The highest BCUT2D eigenvalue weighted by Gasteiger charge is 2.43. The molecule has 0 N–H and O–H groups in total. The first-order valence-corrected chi connectivity index (χ1v) is 21.3. The quantitative estimate of drug-likeness (QED) is 0.114. The Hall–Kier alpha value is -7.20. The molecule has 0 aliphatic heterocycles. The highest BCUT2D eigenvalue weighted by molar-refractivity contribution is 7.20. The second-order valence-corrected chi connectivity index (χ2v) is 18.2. The number of aromatic nitrogens is 2. The molecule has 0 radical (unpaired) electrons. The maximum Gasteiger partial charge on any atom is 0.180 e. The van der Waals surface area contributed by atoms with Gasteiger partial charge in [0.2, 0.25) is 0 Å². The topological polar surface area (TPSA) is 9.86 Å². The predicted molar refractivity (Wildman–Crippen MR) is 244 cm³/mol. The van der Waals surface area contributed by atoms with Crippen molar-refractivity contribution in [2.75, 3.05) is 0 Å². The van der Waals surface area contributed by atoms with E-state index in [0.717, 1.165) is 43.9 Å². The van der Waals surface area contributed by atoms with Crippen molar-refractivity contribution in [3.05, 3.63) is 230 Å². The molecule has 57 heavy (non-hydrogen) atoms. The molecule has 0 unspecified atom stereocenters. The second-order valence-electron chi connectivity index (χ2n) is 14.5. The van der Waals surface area contributed by atoms with Crippen molar-refractivity contribution in [3.63, 3.8) is 0 Å². The number of nitrogens with zero attached hydrogens (tertiary/aromatic N) is 2. The van der Waals surface area contributed by atoms with Crippen LogP contribution in [0, 0.1) is 0 Å². The van der Waals surface area contributed by atoms with E-state index in [4.69, 9.17) is 6.85 Å². The van der Waals surface area contributed by atoms with Crippen molar-refractivity contribution in [1.82, 2.24) is 9.13 Å².